The van der Waals surface area contributed by atoms with E-state index < -0.39 is 0 Å². The molecule has 3 aromatic rings. The summed E-state index contributed by atoms with van der Waals surface area (Å²) in [5.41, 5.74) is 1.79. The normalized spacial score (nSPS) is 11.9. The van der Waals surface area contributed by atoms with Crippen molar-refractivity contribution >= 4 is 5.90 Å². The van der Waals surface area contributed by atoms with Gasteiger partial charge in [0.15, 0.2) is 0 Å². The van der Waals surface area contributed by atoms with Gasteiger partial charge in [0.1, 0.15) is 17.3 Å². The molecule has 0 radical (unpaired) electrons. The predicted molar refractivity (Wildman–Crippen MR) is 118 cm³/mol. The predicted octanol–water partition coefficient (Wildman–Crippen LogP) is 5.70. The number of rotatable bonds is 9. The summed E-state index contributed by atoms with van der Waals surface area (Å²) >= 11 is 0. The quantitative estimate of drug-likeness (QED) is 0.119. The highest BCUT2D eigenvalue weighted by Gasteiger charge is 2.10. The van der Waals surface area contributed by atoms with E-state index in [1.165, 1.54) is 0 Å². The third-order valence-corrected chi connectivity index (χ3v) is 4.41. The van der Waals surface area contributed by atoms with E-state index in [4.69, 9.17) is 13.9 Å². The van der Waals surface area contributed by atoms with Crippen molar-refractivity contribution in [2.45, 2.75) is 33.1 Å². The van der Waals surface area contributed by atoms with Gasteiger partial charge in [-0.2, -0.15) is 0 Å². The molecule has 160 valence electrons. The van der Waals surface area contributed by atoms with Crippen molar-refractivity contribution in [3.63, 3.8) is 0 Å². The van der Waals surface area contributed by atoms with Gasteiger partial charge in [-0.3, -0.25) is 0 Å². The summed E-state index contributed by atoms with van der Waals surface area (Å²) < 4.78 is 17.0. The van der Waals surface area contributed by atoms with Crippen LogP contribution in [0.15, 0.2) is 82.6 Å². The van der Waals surface area contributed by atoms with E-state index in [9.17, 15) is 5.21 Å². The lowest BCUT2D eigenvalue weighted by Gasteiger charge is -2.10. The van der Waals surface area contributed by atoms with Gasteiger partial charge in [0, 0.05) is 25.3 Å². The largest absolute Gasteiger partial charge is 0.462 e. The molecule has 0 aliphatic carbocycles. The van der Waals surface area contributed by atoms with Crippen molar-refractivity contribution in [3.05, 3.63) is 84.5 Å². The van der Waals surface area contributed by atoms with Crippen molar-refractivity contribution in [2.24, 2.45) is 5.16 Å². The first-order valence-electron chi connectivity index (χ1n) is 9.99. The van der Waals surface area contributed by atoms with Crippen molar-refractivity contribution in [1.29, 1.82) is 0 Å². The fourth-order valence-electron chi connectivity index (χ4n) is 2.85. The number of oxime groups is 1. The van der Waals surface area contributed by atoms with Gasteiger partial charge in [0.2, 0.25) is 17.7 Å². The maximum atomic E-state index is 9.36. The first-order valence-corrected chi connectivity index (χ1v) is 9.99. The summed E-state index contributed by atoms with van der Waals surface area (Å²) in [6.07, 6.45) is 5.42. The average Bonchev–Trinajstić information content (AvgIpc) is 3.23. The van der Waals surface area contributed by atoms with Crippen LogP contribution in [0.25, 0.3) is 11.5 Å². The van der Waals surface area contributed by atoms with Gasteiger partial charge >= 0.3 is 0 Å². The Labute approximate surface area is 181 Å². The molecule has 31 heavy (non-hydrogen) atoms. The second kappa shape index (κ2) is 10.8. The lowest BCUT2D eigenvalue weighted by molar-refractivity contribution is 0.301. The van der Waals surface area contributed by atoms with Crippen LogP contribution in [0.1, 0.15) is 31.2 Å². The van der Waals surface area contributed by atoms with Crippen LogP contribution < -0.4 is 9.47 Å². The first kappa shape index (κ1) is 21.8. The van der Waals surface area contributed by atoms with E-state index in [0.717, 1.165) is 29.1 Å². The van der Waals surface area contributed by atoms with E-state index in [1.807, 2.05) is 49.4 Å². The lowest BCUT2D eigenvalue weighted by atomic mass is 10.1. The van der Waals surface area contributed by atoms with Gasteiger partial charge in [0.25, 0.3) is 0 Å². The van der Waals surface area contributed by atoms with E-state index in [1.54, 1.807) is 25.1 Å². The molecule has 3 rings (SSSR count). The summed E-state index contributed by atoms with van der Waals surface area (Å²) in [6.45, 7) is 7.45. The number of allylic oxidation sites excluding steroid dienone is 3. The molecule has 0 spiro atoms. The molecule has 0 bridgehead atoms. The summed E-state index contributed by atoms with van der Waals surface area (Å²) in [7, 11) is 0. The minimum absolute atomic E-state index is 0.210. The molecule has 0 saturated heterocycles. The molecule has 0 amide bonds. The van der Waals surface area contributed by atoms with Crippen molar-refractivity contribution in [2.75, 3.05) is 0 Å². The fourth-order valence-corrected chi connectivity index (χ4v) is 2.85. The molecular formula is C24H25N3O4. The first-order chi connectivity index (χ1) is 15.1. The van der Waals surface area contributed by atoms with Gasteiger partial charge in [-0.05, 0) is 48.4 Å². The highest BCUT2D eigenvalue weighted by atomic mass is 16.5. The van der Waals surface area contributed by atoms with Crippen molar-refractivity contribution in [3.8, 4) is 23.0 Å². The number of benzene rings is 2. The van der Waals surface area contributed by atoms with E-state index >= 15 is 0 Å². The van der Waals surface area contributed by atoms with Gasteiger partial charge in [-0.25, -0.2) is 0 Å². The molecule has 2 aromatic carbocycles. The standard InChI is InChI=1S/C24H25N3O4/c1-4-7-20(5-2)30-21-13-10-18(11-14-21)12-15-23(27-28)31-22-9-6-8-19(16-22)24-26-25-17(3)29-24/h4,6-11,13-14,16,28H,1,5,12,15H2,2-3H3/b20-7+,27-23+. The van der Waals surface area contributed by atoms with Crippen LogP contribution >= 0.6 is 0 Å². The minimum atomic E-state index is 0.210. The molecule has 0 saturated carbocycles. The zero-order valence-corrected chi connectivity index (χ0v) is 17.6. The van der Waals surface area contributed by atoms with Crippen LogP contribution in [-0.2, 0) is 6.42 Å². The summed E-state index contributed by atoms with van der Waals surface area (Å²) in [6, 6.07) is 15.0. The number of hydrogen-bond donors (Lipinski definition) is 1. The molecule has 7 nitrogen and oxygen atoms in total. The summed E-state index contributed by atoms with van der Waals surface area (Å²) in [4.78, 5) is 0. The monoisotopic (exact) mass is 419 g/mol. The molecule has 0 unspecified atom stereocenters. The van der Waals surface area contributed by atoms with E-state index in [-0.39, 0.29) is 5.90 Å². The van der Waals surface area contributed by atoms with Crippen LogP contribution in [0.3, 0.4) is 0 Å². The minimum Gasteiger partial charge on any atom is -0.462 e. The number of hydrogen-bond acceptors (Lipinski definition) is 7. The Morgan fingerprint density at radius 1 is 1.13 bits per heavy atom. The Hall–Kier alpha value is -3.87. The topological polar surface area (TPSA) is 90.0 Å². The lowest BCUT2D eigenvalue weighted by Crippen LogP contribution is -2.10. The molecule has 0 aliphatic rings. The van der Waals surface area contributed by atoms with E-state index in [2.05, 4.69) is 21.9 Å². The maximum absolute atomic E-state index is 9.36. The van der Waals surface area contributed by atoms with Crippen LogP contribution in [0, 0.1) is 6.92 Å². The second-order valence-corrected chi connectivity index (χ2v) is 6.72. The van der Waals surface area contributed by atoms with Crippen LogP contribution in [0.5, 0.6) is 11.5 Å². The fraction of sp³-hybridized carbons (Fsp3) is 0.208. The molecule has 7 heteroatoms. The molecule has 1 N–H and O–H groups in total. The van der Waals surface area contributed by atoms with Crippen molar-refractivity contribution in [1.82, 2.24) is 10.2 Å². The Balaban J connectivity index is 1.58. The zero-order chi connectivity index (χ0) is 22.1. The Kier molecular flexibility index (Phi) is 7.59. The van der Waals surface area contributed by atoms with Gasteiger partial charge in [0.05, 0.1) is 0 Å². The number of nitrogens with zero attached hydrogens (tertiary/aromatic N) is 3. The highest BCUT2D eigenvalue weighted by molar-refractivity contribution is 5.78. The highest BCUT2D eigenvalue weighted by Crippen LogP contribution is 2.23. The van der Waals surface area contributed by atoms with Gasteiger partial charge in [-0.15, -0.1) is 10.2 Å². The molecule has 0 atom stereocenters. The molecule has 0 aliphatic heterocycles. The van der Waals surface area contributed by atoms with Crippen molar-refractivity contribution < 1.29 is 19.1 Å². The number of ether oxygens (including phenoxy) is 2. The SMILES string of the molecule is C=C/C=C(\CC)Oc1ccc(CC/C(=N\O)Oc2cccc(-c3nnc(C)o3)c2)cc1. The molecule has 1 aromatic heterocycles. The average molecular weight is 419 g/mol. The smallest absolute Gasteiger partial charge is 0.247 e. The Bertz CT molecular complexity index is 1070. The Morgan fingerprint density at radius 3 is 2.58 bits per heavy atom. The number of aromatic nitrogens is 2. The van der Waals surface area contributed by atoms with Crippen LogP contribution in [-0.4, -0.2) is 21.3 Å². The molecule has 1 heterocycles. The molecule has 0 fully saturated rings. The zero-order valence-electron chi connectivity index (χ0n) is 17.6. The third kappa shape index (κ3) is 6.30. The summed E-state index contributed by atoms with van der Waals surface area (Å²) in [5.74, 6) is 3.23. The molecular weight excluding hydrogens is 394 g/mol. The van der Waals surface area contributed by atoms with Crippen LogP contribution in [0.2, 0.25) is 0 Å². The third-order valence-electron chi connectivity index (χ3n) is 4.41. The number of aryl methyl sites for hydroxylation is 2. The van der Waals surface area contributed by atoms with Crippen LogP contribution in [0.4, 0.5) is 0 Å². The summed E-state index contributed by atoms with van der Waals surface area (Å²) in [5, 5.41) is 20.5. The Morgan fingerprint density at radius 2 is 1.94 bits per heavy atom. The maximum Gasteiger partial charge on any atom is 0.247 e. The second-order valence-electron chi connectivity index (χ2n) is 6.72. The van der Waals surface area contributed by atoms with E-state index in [0.29, 0.717) is 30.4 Å². The van der Waals surface area contributed by atoms with Gasteiger partial charge < -0.3 is 19.1 Å². The van der Waals surface area contributed by atoms with Gasteiger partial charge in [-0.1, -0.05) is 42.9 Å².